The zero-order valence-electron chi connectivity index (χ0n) is 19.2. The van der Waals surface area contributed by atoms with Crippen LogP contribution in [0.15, 0.2) is 85.1 Å². The molecule has 3 nitrogen and oxygen atoms in total. The van der Waals surface area contributed by atoms with E-state index in [1.165, 1.54) is 33.2 Å². The quantitative estimate of drug-likeness (QED) is 0.362. The summed E-state index contributed by atoms with van der Waals surface area (Å²) in [5.74, 6) is 0.118. The van der Waals surface area contributed by atoms with Crippen LogP contribution in [0, 0.1) is 6.92 Å². The van der Waals surface area contributed by atoms with Crippen LogP contribution in [-0.4, -0.2) is 16.5 Å². The molecule has 3 aromatic carbocycles. The second kappa shape index (κ2) is 9.86. The van der Waals surface area contributed by atoms with Gasteiger partial charge in [0.2, 0.25) is 5.91 Å². The number of carbonyl (C=O) groups is 1. The lowest BCUT2D eigenvalue weighted by atomic mass is 9.87. The van der Waals surface area contributed by atoms with E-state index in [0.717, 1.165) is 12.8 Å². The van der Waals surface area contributed by atoms with Crippen LogP contribution >= 0.6 is 0 Å². The molecule has 1 amide bonds. The number of amides is 1. The summed E-state index contributed by atoms with van der Waals surface area (Å²) in [5, 5.41) is 4.45. The van der Waals surface area contributed by atoms with Gasteiger partial charge in [0, 0.05) is 42.5 Å². The summed E-state index contributed by atoms with van der Waals surface area (Å²) in [6, 6.07) is 27.6. The molecule has 1 heterocycles. The minimum atomic E-state index is 0.0167. The molecule has 0 aliphatic rings. The van der Waals surface area contributed by atoms with Gasteiger partial charge >= 0.3 is 0 Å². The van der Waals surface area contributed by atoms with E-state index in [1.807, 2.05) is 6.07 Å². The molecule has 3 heteroatoms. The van der Waals surface area contributed by atoms with Crippen molar-refractivity contribution in [2.75, 3.05) is 0 Å². The highest BCUT2D eigenvalue weighted by Gasteiger charge is 2.23. The Kier molecular flexibility index (Phi) is 6.75. The Labute approximate surface area is 191 Å². The number of aryl methyl sites for hydroxylation is 3. The summed E-state index contributed by atoms with van der Waals surface area (Å²) in [6.07, 6.45) is 4.51. The predicted molar refractivity (Wildman–Crippen MR) is 133 cm³/mol. The number of nitrogens with zero attached hydrogens (tertiary/aromatic N) is 1. The van der Waals surface area contributed by atoms with Crippen molar-refractivity contribution in [1.29, 1.82) is 0 Å². The highest BCUT2D eigenvalue weighted by molar-refractivity contribution is 5.86. The lowest BCUT2D eigenvalue weighted by Gasteiger charge is -2.20. The second-order valence-corrected chi connectivity index (χ2v) is 8.87. The number of hydrogen-bond donors (Lipinski definition) is 1. The van der Waals surface area contributed by atoms with Gasteiger partial charge in [0.15, 0.2) is 0 Å². The van der Waals surface area contributed by atoms with Crippen LogP contribution in [-0.2, 0) is 18.3 Å². The molecule has 1 aromatic heterocycles. The fourth-order valence-corrected chi connectivity index (χ4v) is 4.48. The van der Waals surface area contributed by atoms with E-state index in [4.69, 9.17) is 0 Å². The third kappa shape index (κ3) is 5.11. The second-order valence-electron chi connectivity index (χ2n) is 8.87. The SMILES string of the molecule is Cc1ccc([C@H](CC(=O)N[C@H](C)CCc2ccccc2)c2cn(C)c3ccccc23)cc1. The van der Waals surface area contributed by atoms with Gasteiger partial charge in [-0.3, -0.25) is 4.79 Å². The third-order valence-electron chi connectivity index (χ3n) is 6.29. The summed E-state index contributed by atoms with van der Waals surface area (Å²) in [4.78, 5) is 13.1. The Balaban J connectivity index is 1.53. The van der Waals surface area contributed by atoms with Gasteiger partial charge in [0.05, 0.1) is 0 Å². The van der Waals surface area contributed by atoms with Gasteiger partial charge in [-0.1, -0.05) is 78.4 Å². The van der Waals surface area contributed by atoms with Crippen LogP contribution in [0.1, 0.15) is 47.9 Å². The molecule has 164 valence electrons. The number of hydrogen-bond acceptors (Lipinski definition) is 1. The average molecular weight is 425 g/mol. The largest absolute Gasteiger partial charge is 0.354 e. The van der Waals surface area contributed by atoms with Crippen LogP contribution in [0.25, 0.3) is 10.9 Å². The van der Waals surface area contributed by atoms with Gasteiger partial charge in [0.1, 0.15) is 0 Å². The predicted octanol–water partition coefficient (Wildman–Crippen LogP) is 6.15. The van der Waals surface area contributed by atoms with Gasteiger partial charge in [0.25, 0.3) is 0 Å². The number of fused-ring (bicyclic) bond motifs is 1. The van der Waals surface area contributed by atoms with Gasteiger partial charge in [-0.2, -0.15) is 0 Å². The fraction of sp³-hybridized carbons (Fsp3) is 0.276. The molecule has 0 bridgehead atoms. The van der Waals surface area contributed by atoms with Crippen LogP contribution < -0.4 is 5.32 Å². The number of aromatic nitrogens is 1. The van der Waals surface area contributed by atoms with Gasteiger partial charge in [-0.15, -0.1) is 0 Å². The minimum Gasteiger partial charge on any atom is -0.354 e. The molecule has 4 aromatic rings. The zero-order valence-corrected chi connectivity index (χ0v) is 19.2. The molecule has 1 N–H and O–H groups in total. The maximum atomic E-state index is 13.1. The fourth-order valence-electron chi connectivity index (χ4n) is 4.48. The number of nitrogens with one attached hydrogen (secondary N) is 1. The summed E-state index contributed by atoms with van der Waals surface area (Å²) in [6.45, 7) is 4.19. The average Bonchev–Trinajstić information content (AvgIpc) is 3.14. The van der Waals surface area contributed by atoms with Gasteiger partial charge in [-0.05, 0) is 49.4 Å². The van der Waals surface area contributed by atoms with Crippen molar-refractivity contribution in [2.24, 2.45) is 7.05 Å². The normalized spacial score (nSPS) is 13.1. The first-order chi connectivity index (χ1) is 15.5. The number of benzene rings is 3. The van der Waals surface area contributed by atoms with E-state index in [0.29, 0.717) is 6.42 Å². The summed E-state index contributed by atoms with van der Waals surface area (Å²) in [5.41, 5.74) is 6.11. The Morgan fingerprint density at radius 2 is 1.62 bits per heavy atom. The Morgan fingerprint density at radius 1 is 0.938 bits per heavy atom. The Morgan fingerprint density at radius 3 is 2.38 bits per heavy atom. The van der Waals surface area contributed by atoms with E-state index in [2.05, 4.69) is 110 Å². The third-order valence-corrected chi connectivity index (χ3v) is 6.29. The van der Waals surface area contributed by atoms with Crippen LogP contribution in [0.5, 0.6) is 0 Å². The van der Waals surface area contributed by atoms with Crippen molar-refractivity contribution < 1.29 is 4.79 Å². The minimum absolute atomic E-state index is 0.0167. The van der Waals surface area contributed by atoms with Crippen LogP contribution in [0.4, 0.5) is 0 Å². The molecular formula is C29H32N2O. The Hall–Kier alpha value is -3.33. The van der Waals surface area contributed by atoms with Crippen molar-refractivity contribution in [1.82, 2.24) is 9.88 Å². The molecule has 0 saturated carbocycles. The van der Waals surface area contributed by atoms with Crippen molar-refractivity contribution >= 4 is 16.8 Å². The van der Waals surface area contributed by atoms with Crippen molar-refractivity contribution in [2.45, 2.75) is 45.1 Å². The molecule has 2 atom stereocenters. The molecular weight excluding hydrogens is 392 g/mol. The first-order valence-electron chi connectivity index (χ1n) is 11.4. The van der Waals surface area contributed by atoms with Crippen LogP contribution in [0.3, 0.4) is 0 Å². The van der Waals surface area contributed by atoms with Crippen molar-refractivity contribution in [3.05, 3.63) is 107 Å². The van der Waals surface area contributed by atoms with E-state index >= 15 is 0 Å². The number of para-hydroxylation sites is 1. The molecule has 4 rings (SSSR count). The highest BCUT2D eigenvalue weighted by atomic mass is 16.1. The van der Waals surface area contributed by atoms with Crippen molar-refractivity contribution in [3.8, 4) is 0 Å². The van der Waals surface area contributed by atoms with E-state index in [-0.39, 0.29) is 17.9 Å². The van der Waals surface area contributed by atoms with E-state index in [9.17, 15) is 4.79 Å². The molecule has 0 unspecified atom stereocenters. The number of carbonyl (C=O) groups excluding carboxylic acids is 1. The molecule has 32 heavy (non-hydrogen) atoms. The maximum Gasteiger partial charge on any atom is 0.221 e. The highest BCUT2D eigenvalue weighted by Crippen LogP contribution is 2.34. The summed E-state index contributed by atoms with van der Waals surface area (Å²) >= 11 is 0. The summed E-state index contributed by atoms with van der Waals surface area (Å²) < 4.78 is 2.16. The zero-order chi connectivity index (χ0) is 22.5. The monoisotopic (exact) mass is 424 g/mol. The van der Waals surface area contributed by atoms with Crippen LogP contribution in [0.2, 0.25) is 0 Å². The molecule has 0 aliphatic heterocycles. The van der Waals surface area contributed by atoms with E-state index in [1.54, 1.807) is 0 Å². The van der Waals surface area contributed by atoms with E-state index < -0.39 is 0 Å². The summed E-state index contributed by atoms with van der Waals surface area (Å²) in [7, 11) is 2.07. The number of rotatable bonds is 8. The lowest BCUT2D eigenvalue weighted by molar-refractivity contribution is -0.121. The molecule has 0 aliphatic carbocycles. The lowest BCUT2D eigenvalue weighted by Crippen LogP contribution is -2.33. The topological polar surface area (TPSA) is 34.0 Å². The molecule has 0 radical (unpaired) electrons. The smallest absolute Gasteiger partial charge is 0.221 e. The van der Waals surface area contributed by atoms with Crippen molar-refractivity contribution in [3.63, 3.8) is 0 Å². The molecule has 0 fully saturated rings. The molecule has 0 saturated heterocycles. The van der Waals surface area contributed by atoms with Gasteiger partial charge < -0.3 is 9.88 Å². The van der Waals surface area contributed by atoms with Gasteiger partial charge in [-0.25, -0.2) is 0 Å². The Bertz CT molecular complexity index is 1170. The maximum absolute atomic E-state index is 13.1. The molecule has 0 spiro atoms. The standard InChI is InChI=1S/C29H32N2O/c1-21-13-17-24(18-14-21)26(27-20-31(3)28-12-8-7-11-25(27)28)19-29(32)30-22(2)15-16-23-9-5-4-6-10-23/h4-14,17-18,20,22,26H,15-16,19H2,1-3H3,(H,30,32)/t22-,26+/m1/s1. The first-order valence-corrected chi connectivity index (χ1v) is 11.4. The first kappa shape index (κ1) is 21.9.